The summed E-state index contributed by atoms with van der Waals surface area (Å²) in [6, 6.07) is 15.6. The molecule has 0 bridgehead atoms. The minimum absolute atomic E-state index is 0.398. The molecular formula is C27H23Cl2N5O2. The summed E-state index contributed by atoms with van der Waals surface area (Å²) in [7, 11) is 1.53. The minimum Gasteiger partial charge on any atom is -0.495 e. The number of hydrogen-bond acceptors (Lipinski definition) is 7. The van der Waals surface area contributed by atoms with E-state index in [1.54, 1.807) is 18.3 Å². The number of fused-ring (bicyclic) bond motifs is 1. The van der Waals surface area contributed by atoms with Crippen LogP contribution in [0, 0.1) is 11.3 Å². The van der Waals surface area contributed by atoms with Crippen LogP contribution in [0.3, 0.4) is 0 Å². The third-order valence-electron chi connectivity index (χ3n) is 6.14. The molecule has 7 nitrogen and oxygen atoms in total. The van der Waals surface area contributed by atoms with Gasteiger partial charge in [0.1, 0.15) is 11.8 Å². The summed E-state index contributed by atoms with van der Waals surface area (Å²) in [5, 5.41) is 14.6. The highest BCUT2D eigenvalue weighted by Gasteiger charge is 2.15. The molecule has 1 aliphatic heterocycles. The van der Waals surface area contributed by atoms with Gasteiger partial charge in [-0.3, -0.25) is 14.9 Å². The van der Waals surface area contributed by atoms with Gasteiger partial charge < -0.3 is 14.8 Å². The van der Waals surface area contributed by atoms with Gasteiger partial charge in [-0.05, 0) is 23.8 Å². The van der Waals surface area contributed by atoms with Gasteiger partial charge in [0.25, 0.3) is 0 Å². The lowest BCUT2D eigenvalue weighted by Crippen LogP contribution is -2.35. The van der Waals surface area contributed by atoms with E-state index >= 15 is 0 Å². The van der Waals surface area contributed by atoms with Crippen LogP contribution in [0.1, 0.15) is 11.3 Å². The Labute approximate surface area is 219 Å². The monoisotopic (exact) mass is 519 g/mol. The van der Waals surface area contributed by atoms with Crippen molar-refractivity contribution >= 4 is 45.5 Å². The normalized spacial score (nSPS) is 13.9. The van der Waals surface area contributed by atoms with E-state index < -0.39 is 0 Å². The van der Waals surface area contributed by atoms with Crippen molar-refractivity contribution in [3.8, 4) is 22.9 Å². The molecule has 0 amide bonds. The zero-order chi connectivity index (χ0) is 25.1. The van der Waals surface area contributed by atoms with Crippen LogP contribution in [0.2, 0.25) is 10.0 Å². The third-order valence-corrected chi connectivity index (χ3v) is 6.75. The Morgan fingerprint density at radius 2 is 1.83 bits per heavy atom. The summed E-state index contributed by atoms with van der Waals surface area (Å²) in [6.07, 6.45) is 3.44. The molecule has 1 aliphatic rings. The van der Waals surface area contributed by atoms with Gasteiger partial charge in [-0.1, -0.05) is 41.4 Å². The van der Waals surface area contributed by atoms with Gasteiger partial charge in [-0.15, -0.1) is 0 Å². The van der Waals surface area contributed by atoms with Crippen LogP contribution in [0.5, 0.6) is 5.75 Å². The van der Waals surface area contributed by atoms with Gasteiger partial charge in [-0.25, -0.2) is 0 Å². The van der Waals surface area contributed by atoms with Gasteiger partial charge >= 0.3 is 0 Å². The number of nitrogens with zero attached hydrogens (tertiary/aromatic N) is 4. The highest BCUT2D eigenvalue weighted by atomic mass is 35.5. The number of methoxy groups -OCH3 is 1. The third kappa shape index (κ3) is 5.08. The molecule has 36 heavy (non-hydrogen) atoms. The van der Waals surface area contributed by atoms with Gasteiger partial charge in [0, 0.05) is 49.0 Å². The van der Waals surface area contributed by atoms with Gasteiger partial charge in [0.15, 0.2) is 0 Å². The lowest BCUT2D eigenvalue weighted by Gasteiger charge is -2.26. The molecule has 1 N–H and O–H groups in total. The van der Waals surface area contributed by atoms with E-state index in [1.165, 1.54) is 7.11 Å². The maximum atomic E-state index is 9.72. The smallest absolute Gasteiger partial charge is 0.139 e. The van der Waals surface area contributed by atoms with E-state index in [2.05, 4.69) is 38.4 Å². The molecule has 0 spiro atoms. The zero-order valence-electron chi connectivity index (χ0n) is 19.6. The van der Waals surface area contributed by atoms with E-state index in [-0.39, 0.29) is 0 Å². The van der Waals surface area contributed by atoms with Crippen LogP contribution in [-0.4, -0.2) is 48.3 Å². The van der Waals surface area contributed by atoms with Crippen molar-refractivity contribution in [3.05, 3.63) is 76.2 Å². The quantitative estimate of drug-likeness (QED) is 0.331. The first-order chi connectivity index (χ1) is 17.6. The number of nitrogens with one attached hydrogen (secondary N) is 1. The standard InChI is InChI=1S/C27H23Cl2N5O2/c1-35-26-12-25(22(28)11-23(26)29)33-27-19(13-30)15-32-24-10-17(3-5-21(24)27)18-2-4-20(31-14-18)16-34-6-8-36-9-7-34/h2-5,10-12,14-15H,6-9,16H2,1H3,(H,32,33). The van der Waals surface area contributed by atoms with Gasteiger partial charge in [0.2, 0.25) is 0 Å². The summed E-state index contributed by atoms with van der Waals surface area (Å²) in [5.74, 6) is 0.479. The molecule has 0 saturated carbocycles. The number of hydrogen-bond donors (Lipinski definition) is 1. The topological polar surface area (TPSA) is 83.3 Å². The molecule has 0 atom stereocenters. The number of morpholine rings is 1. The second kappa shape index (κ2) is 10.7. The molecule has 9 heteroatoms. The molecule has 5 rings (SSSR count). The van der Waals surface area contributed by atoms with Crippen LogP contribution in [0.4, 0.5) is 11.4 Å². The lowest BCUT2D eigenvalue weighted by molar-refractivity contribution is 0.0336. The Balaban J connectivity index is 1.45. The summed E-state index contributed by atoms with van der Waals surface area (Å²) < 4.78 is 10.7. The predicted molar refractivity (Wildman–Crippen MR) is 142 cm³/mol. The second-order valence-electron chi connectivity index (χ2n) is 8.41. The molecule has 2 aromatic carbocycles. The highest BCUT2D eigenvalue weighted by molar-refractivity contribution is 6.37. The Kier molecular flexibility index (Phi) is 7.21. The lowest BCUT2D eigenvalue weighted by atomic mass is 10.0. The van der Waals surface area contributed by atoms with E-state index in [0.29, 0.717) is 32.7 Å². The zero-order valence-corrected chi connectivity index (χ0v) is 21.1. The van der Waals surface area contributed by atoms with E-state index in [4.69, 9.17) is 32.7 Å². The first-order valence-corrected chi connectivity index (χ1v) is 12.2. The molecule has 0 radical (unpaired) electrons. The Hall–Kier alpha value is -3.41. The van der Waals surface area contributed by atoms with E-state index in [1.807, 2.05) is 24.4 Å². The first kappa shape index (κ1) is 24.3. The van der Waals surface area contributed by atoms with Crippen molar-refractivity contribution in [3.63, 3.8) is 0 Å². The number of nitriles is 1. The second-order valence-corrected chi connectivity index (χ2v) is 9.22. The van der Waals surface area contributed by atoms with E-state index in [9.17, 15) is 5.26 Å². The average molecular weight is 520 g/mol. The number of pyridine rings is 2. The first-order valence-electron chi connectivity index (χ1n) is 11.4. The fourth-order valence-corrected chi connectivity index (χ4v) is 4.69. The average Bonchev–Trinajstić information content (AvgIpc) is 2.91. The van der Waals surface area contributed by atoms with Crippen molar-refractivity contribution in [2.75, 3.05) is 38.7 Å². The fourth-order valence-electron chi connectivity index (χ4n) is 4.19. The van der Waals surface area contributed by atoms with Gasteiger partial charge in [-0.2, -0.15) is 5.26 Å². The van der Waals surface area contributed by atoms with Crippen LogP contribution in [-0.2, 0) is 11.3 Å². The predicted octanol–water partition coefficient (Wildman–Crippen LogP) is 6.06. The number of benzene rings is 2. The van der Waals surface area contributed by atoms with Crippen LogP contribution >= 0.6 is 23.2 Å². The molecule has 2 aromatic heterocycles. The Bertz CT molecular complexity index is 1450. The number of anilines is 2. The number of rotatable bonds is 6. The molecule has 1 saturated heterocycles. The Morgan fingerprint density at radius 1 is 1.03 bits per heavy atom. The summed E-state index contributed by atoms with van der Waals surface area (Å²) in [4.78, 5) is 11.5. The SMILES string of the molecule is COc1cc(Nc2c(C#N)cnc3cc(-c4ccc(CN5CCOCC5)nc4)ccc23)c(Cl)cc1Cl. The minimum atomic E-state index is 0.398. The van der Waals surface area contributed by atoms with Crippen molar-refractivity contribution in [2.45, 2.75) is 6.54 Å². The van der Waals surface area contributed by atoms with Crippen LogP contribution < -0.4 is 10.1 Å². The number of halogens is 2. The van der Waals surface area contributed by atoms with Crippen molar-refractivity contribution < 1.29 is 9.47 Å². The summed E-state index contributed by atoms with van der Waals surface area (Å²) >= 11 is 12.6. The molecule has 3 heterocycles. The highest BCUT2D eigenvalue weighted by Crippen LogP contribution is 2.38. The van der Waals surface area contributed by atoms with Crippen LogP contribution in [0.15, 0.2) is 54.9 Å². The Morgan fingerprint density at radius 3 is 2.56 bits per heavy atom. The van der Waals surface area contributed by atoms with E-state index in [0.717, 1.165) is 60.6 Å². The molecule has 0 unspecified atom stereocenters. The maximum absolute atomic E-state index is 9.72. The van der Waals surface area contributed by atoms with Crippen molar-refractivity contribution in [2.24, 2.45) is 0 Å². The van der Waals surface area contributed by atoms with Gasteiger partial charge in [0.05, 0.1) is 58.5 Å². The number of ether oxygens (including phenoxy) is 2. The fraction of sp³-hybridized carbons (Fsp3) is 0.222. The van der Waals surface area contributed by atoms with Crippen molar-refractivity contribution in [1.29, 1.82) is 5.26 Å². The van der Waals surface area contributed by atoms with Crippen molar-refractivity contribution in [1.82, 2.24) is 14.9 Å². The summed E-state index contributed by atoms with van der Waals surface area (Å²) in [5.41, 5.74) is 5.33. The van der Waals surface area contributed by atoms with Crippen LogP contribution in [0.25, 0.3) is 22.0 Å². The molecule has 0 aliphatic carbocycles. The maximum Gasteiger partial charge on any atom is 0.139 e. The molecule has 182 valence electrons. The molecule has 4 aromatic rings. The largest absolute Gasteiger partial charge is 0.495 e. The summed E-state index contributed by atoms with van der Waals surface area (Å²) in [6.45, 7) is 4.20. The molecule has 1 fully saturated rings. The molecular weight excluding hydrogens is 497 g/mol. The number of aromatic nitrogens is 2.